The first kappa shape index (κ1) is 10.6. The van der Waals surface area contributed by atoms with Crippen molar-refractivity contribution in [1.29, 1.82) is 0 Å². The Kier molecular flexibility index (Phi) is 3.07. The molecule has 0 radical (unpaired) electrons. The largest absolute Gasteiger partial charge is 0.356 e. The SMILES string of the molecule is Cc1cc(N2CC[C@H](CN)C2)nc(Cl)n1. The second kappa shape index (κ2) is 4.33. The van der Waals surface area contributed by atoms with Gasteiger partial charge in [-0.1, -0.05) is 0 Å². The van der Waals surface area contributed by atoms with Gasteiger partial charge in [-0.25, -0.2) is 9.97 Å². The van der Waals surface area contributed by atoms with E-state index < -0.39 is 0 Å². The number of nitrogens with two attached hydrogens (primary N) is 1. The Morgan fingerprint density at radius 1 is 1.60 bits per heavy atom. The van der Waals surface area contributed by atoms with E-state index in [1.54, 1.807) is 0 Å². The highest BCUT2D eigenvalue weighted by molar-refractivity contribution is 6.28. The molecule has 4 nitrogen and oxygen atoms in total. The zero-order valence-corrected chi connectivity index (χ0v) is 9.54. The highest BCUT2D eigenvalue weighted by Crippen LogP contribution is 2.22. The van der Waals surface area contributed by atoms with Crippen molar-refractivity contribution in [3.05, 3.63) is 17.0 Å². The van der Waals surface area contributed by atoms with Crippen molar-refractivity contribution >= 4 is 17.4 Å². The summed E-state index contributed by atoms with van der Waals surface area (Å²) in [4.78, 5) is 10.5. The van der Waals surface area contributed by atoms with E-state index in [-0.39, 0.29) is 0 Å². The van der Waals surface area contributed by atoms with E-state index in [1.807, 2.05) is 13.0 Å². The van der Waals surface area contributed by atoms with Crippen LogP contribution in [0.3, 0.4) is 0 Å². The van der Waals surface area contributed by atoms with E-state index in [0.717, 1.165) is 37.6 Å². The first-order valence-corrected chi connectivity index (χ1v) is 5.53. The zero-order valence-electron chi connectivity index (χ0n) is 8.78. The standard InChI is InChI=1S/C10H15ClN4/c1-7-4-9(14-10(11)13-7)15-3-2-8(5-12)6-15/h4,8H,2-3,5-6,12H2,1H3/t8-/m1/s1. The monoisotopic (exact) mass is 226 g/mol. The first-order valence-electron chi connectivity index (χ1n) is 5.15. The molecule has 0 unspecified atom stereocenters. The maximum Gasteiger partial charge on any atom is 0.224 e. The van der Waals surface area contributed by atoms with Crippen molar-refractivity contribution in [2.24, 2.45) is 11.7 Å². The van der Waals surface area contributed by atoms with Crippen molar-refractivity contribution in [3.63, 3.8) is 0 Å². The molecule has 2 N–H and O–H groups in total. The van der Waals surface area contributed by atoms with Gasteiger partial charge in [0.1, 0.15) is 5.82 Å². The number of anilines is 1. The second-order valence-electron chi connectivity index (χ2n) is 3.97. The number of hydrogen-bond donors (Lipinski definition) is 1. The van der Waals surface area contributed by atoms with Crippen LogP contribution in [0.15, 0.2) is 6.07 Å². The molecule has 0 saturated carbocycles. The van der Waals surface area contributed by atoms with E-state index in [2.05, 4.69) is 14.9 Å². The third-order valence-corrected chi connectivity index (χ3v) is 2.93. The van der Waals surface area contributed by atoms with Crippen molar-refractivity contribution in [1.82, 2.24) is 9.97 Å². The molecule has 0 amide bonds. The van der Waals surface area contributed by atoms with Gasteiger partial charge in [-0.2, -0.15) is 0 Å². The van der Waals surface area contributed by atoms with Gasteiger partial charge in [0.15, 0.2) is 0 Å². The summed E-state index contributed by atoms with van der Waals surface area (Å²) in [5.41, 5.74) is 6.55. The molecule has 0 aromatic carbocycles. The fraction of sp³-hybridized carbons (Fsp3) is 0.600. The Morgan fingerprint density at radius 3 is 3.00 bits per heavy atom. The summed E-state index contributed by atoms with van der Waals surface area (Å²) in [5, 5.41) is 0.321. The van der Waals surface area contributed by atoms with Crippen molar-refractivity contribution < 1.29 is 0 Å². The third kappa shape index (κ3) is 2.38. The Hall–Kier alpha value is -0.870. The molecule has 1 aliphatic heterocycles. The third-order valence-electron chi connectivity index (χ3n) is 2.76. The molecule has 0 aliphatic carbocycles. The number of nitrogens with zero attached hydrogens (tertiary/aromatic N) is 3. The van der Waals surface area contributed by atoms with Crippen LogP contribution in [-0.4, -0.2) is 29.6 Å². The topological polar surface area (TPSA) is 55.0 Å². The molecule has 0 bridgehead atoms. The quantitative estimate of drug-likeness (QED) is 0.771. The molecule has 2 rings (SSSR count). The lowest BCUT2D eigenvalue weighted by atomic mass is 10.1. The molecule has 15 heavy (non-hydrogen) atoms. The summed E-state index contributed by atoms with van der Waals surface area (Å²) in [6.07, 6.45) is 1.14. The van der Waals surface area contributed by atoms with Gasteiger partial charge in [0.05, 0.1) is 0 Å². The van der Waals surface area contributed by atoms with E-state index in [4.69, 9.17) is 17.3 Å². The predicted octanol–water partition coefficient (Wildman–Crippen LogP) is 1.22. The van der Waals surface area contributed by atoms with Crippen LogP contribution in [0.25, 0.3) is 0 Å². The lowest BCUT2D eigenvalue weighted by Crippen LogP contribution is -2.23. The van der Waals surface area contributed by atoms with Crippen LogP contribution in [0.4, 0.5) is 5.82 Å². The molecule has 82 valence electrons. The molecule has 2 heterocycles. The fourth-order valence-corrected chi connectivity index (χ4v) is 2.13. The van der Waals surface area contributed by atoms with Gasteiger partial charge < -0.3 is 10.6 Å². The lowest BCUT2D eigenvalue weighted by molar-refractivity contribution is 0.602. The van der Waals surface area contributed by atoms with Gasteiger partial charge in [0, 0.05) is 24.8 Å². The van der Waals surface area contributed by atoms with Gasteiger partial charge >= 0.3 is 0 Å². The normalized spacial score (nSPS) is 21.0. The predicted molar refractivity (Wildman–Crippen MR) is 61.2 cm³/mol. The van der Waals surface area contributed by atoms with Crippen LogP contribution in [-0.2, 0) is 0 Å². The summed E-state index contributed by atoms with van der Waals surface area (Å²) in [5.74, 6) is 1.50. The average Bonchev–Trinajstić information content (AvgIpc) is 2.64. The van der Waals surface area contributed by atoms with Crippen molar-refractivity contribution in [2.45, 2.75) is 13.3 Å². The minimum Gasteiger partial charge on any atom is -0.356 e. The van der Waals surface area contributed by atoms with E-state index in [1.165, 1.54) is 0 Å². The minimum absolute atomic E-state index is 0.321. The number of aromatic nitrogens is 2. The summed E-state index contributed by atoms with van der Waals surface area (Å²) in [6, 6.07) is 1.96. The molecule has 1 atom stereocenters. The molecule has 1 aliphatic rings. The van der Waals surface area contributed by atoms with Gasteiger partial charge in [0.2, 0.25) is 5.28 Å². The van der Waals surface area contributed by atoms with Crippen molar-refractivity contribution in [2.75, 3.05) is 24.5 Å². The Balaban J connectivity index is 2.16. The van der Waals surface area contributed by atoms with Gasteiger partial charge in [0.25, 0.3) is 0 Å². The van der Waals surface area contributed by atoms with Crippen LogP contribution in [0.1, 0.15) is 12.1 Å². The smallest absolute Gasteiger partial charge is 0.224 e. The highest BCUT2D eigenvalue weighted by Gasteiger charge is 2.22. The molecule has 1 saturated heterocycles. The van der Waals surface area contributed by atoms with E-state index in [9.17, 15) is 0 Å². The summed E-state index contributed by atoms with van der Waals surface area (Å²) in [7, 11) is 0. The number of aryl methyl sites for hydroxylation is 1. The van der Waals surface area contributed by atoms with Gasteiger partial charge in [-0.15, -0.1) is 0 Å². The fourth-order valence-electron chi connectivity index (χ4n) is 1.91. The van der Waals surface area contributed by atoms with Crippen LogP contribution < -0.4 is 10.6 Å². The van der Waals surface area contributed by atoms with Gasteiger partial charge in [-0.3, -0.25) is 0 Å². The molecular weight excluding hydrogens is 212 g/mol. The van der Waals surface area contributed by atoms with Gasteiger partial charge in [-0.05, 0) is 37.4 Å². The molecular formula is C10H15ClN4. The average molecular weight is 227 g/mol. The first-order chi connectivity index (χ1) is 7.19. The van der Waals surface area contributed by atoms with Crippen LogP contribution in [0, 0.1) is 12.8 Å². The van der Waals surface area contributed by atoms with Crippen LogP contribution in [0.2, 0.25) is 5.28 Å². The number of halogens is 1. The maximum atomic E-state index is 5.83. The Morgan fingerprint density at radius 2 is 2.40 bits per heavy atom. The highest BCUT2D eigenvalue weighted by atomic mass is 35.5. The number of rotatable bonds is 2. The molecule has 1 aromatic heterocycles. The maximum absolute atomic E-state index is 5.83. The van der Waals surface area contributed by atoms with Crippen LogP contribution in [0.5, 0.6) is 0 Å². The summed E-state index contributed by atoms with van der Waals surface area (Å²) in [6.45, 7) is 4.65. The lowest BCUT2D eigenvalue weighted by Gasteiger charge is -2.17. The summed E-state index contributed by atoms with van der Waals surface area (Å²) < 4.78 is 0. The Bertz CT molecular complexity index is 335. The minimum atomic E-state index is 0.321. The van der Waals surface area contributed by atoms with Crippen LogP contribution >= 0.6 is 11.6 Å². The molecule has 5 heteroatoms. The second-order valence-corrected chi connectivity index (χ2v) is 4.31. The van der Waals surface area contributed by atoms with E-state index in [0.29, 0.717) is 11.2 Å². The molecule has 1 aromatic rings. The molecule has 0 spiro atoms. The zero-order chi connectivity index (χ0) is 10.8. The van der Waals surface area contributed by atoms with Crippen molar-refractivity contribution in [3.8, 4) is 0 Å². The Labute approximate surface area is 94.5 Å². The van der Waals surface area contributed by atoms with E-state index >= 15 is 0 Å². The molecule has 1 fully saturated rings. The summed E-state index contributed by atoms with van der Waals surface area (Å²) >= 11 is 5.83. The number of hydrogen-bond acceptors (Lipinski definition) is 4.